The van der Waals surface area contributed by atoms with E-state index in [4.69, 9.17) is 0 Å². The Balaban J connectivity index is 1.96. The van der Waals surface area contributed by atoms with Gasteiger partial charge in [-0.2, -0.15) is 0 Å². The van der Waals surface area contributed by atoms with E-state index < -0.39 is 0 Å². The van der Waals surface area contributed by atoms with Gasteiger partial charge in [0.15, 0.2) is 0 Å². The molecule has 0 aromatic rings. The van der Waals surface area contributed by atoms with Crippen molar-refractivity contribution in [3.8, 4) is 0 Å². The first kappa shape index (κ1) is 15.3. The molecule has 3 heteroatoms. The molecule has 2 fully saturated rings. The van der Waals surface area contributed by atoms with Crippen molar-refractivity contribution in [2.75, 3.05) is 39.8 Å². The molecule has 2 saturated heterocycles. The molecule has 2 aliphatic heterocycles. The Labute approximate surface area is 119 Å². The van der Waals surface area contributed by atoms with E-state index >= 15 is 0 Å². The summed E-state index contributed by atoms with van der Waals surface area (Å²) in [6.45, 7) is 15.7. The molecule has 2 heterocycles. The number of piperidine rings is 1. The van der Waals surface area contributed by atoms with Crippen molar-refractivity contribution < 1.29 is 0 Å². The van der Waals surface area contributed by atoms with Gasteiger partial charge in [-0.3, -0.25) is 4.90 Å². The first-order valence-electron chi connectivity index (χ1n) is 8.03. The van der Waals surface area contributed by atoms with E-state index in [1.807, 2.05) is 0 Å². The zero-order valence-corrected chi connectivity index (χ0v) is 13.6. The third-order valence-corrected chi connectivity index (χ3v) is 5.56. The van der Waals surface area contributed by atoms with Crippen LogP contribution in [-0.4, -0.2) is 61.2 Å². The third-order valence-electron chi connectivity index (χ3n) is 5.56. The van der Waals surface area contributed by atoms with E-state index in [0.717, 1.165) is 6.54 Å². The lowest BCUT2D eigenvalue weighted by atomic mass is 9.79. The molecule has 2 rings (SSSR count). The lowest BCUT2D eigenvalue weighted by Crippen LogP contribution is -2.63. The van der Waals surface area contributed by atoms with E-state index in [1.54, 1.807) is 0 Å². The Kier molecular flexibility index (Phi) is 4.59. The lowest BCUT2D eigenvalue weighted by Gasteiger charge is -2.49. The number of nitrogens with one attached hydrogen (secondary N) is 1. The van der Waals surface area contributed by atoms with E-state index in [2.05, 4.69) is 49.9 Å². The highest BCUT2D eigenvalue weighted by molar-refractivity contribution is 4.95. The van der Waals surface area contributed by atoms with Crippen molar-refractivity contribution in [1.29, 1.82) is 0 Å². The van der Waals surface area contributed by atoms with Gasteiger partial charge in [0, 0.05) is 31.2 Å². The van der Waals surface area contributed by atoms with Crippen molar-refractivity contribution in [2.24, 2.45) is 5.41 Å². The zero-order valence-electron chi connectivity index (χ0n) is 13.6. The molecule has 19 heavy (non-hydrogen) atoms. The zero-order chi connectivity index (χ0) is 14.1. The molecule has 0 amide bonds. The topological polar surface area (TPSA) is 18.5 Å². The van der Waals surface area contributed by atoms with Crippen LogP contribution in [0.1, 0.15) is 47.0 Å². The molecule has 0 bridgehead atoms. The number of piperazine rings is 1. The van der Waals surface area contributed by atoms with E-state index in [-0.39, 0.29) is 0 Å². The van der Waals surface area contributed by atoms with Crippen LogP contribution in [0.2, 0.25) is 0 Å². The van der Waals surface area contributed by atoms with Crippen LogP contribution < -0.4 is 5.32 Å². The minimum absolute atomic E-state index is 0.314. The van der Waals surface area contributed by atoms with Gasteiger partial charge >= 0.3 is 0 Å². The van der Waals surface area contributed by atoms with Gasteiger partial charge in [0.05, 0.1) is 0 Å². The Morgan fingerprint density at radius 1 is 1.21 bits per heavy atom. The molecule has 3 nitrogen and oxygen atoms in total. The van der Waals surface area contributed by atoms with Gasteiger partial charge in [-0.1, -0.05) is 13.8 Å². The standard InChI is InChI=1S/C16H33N3/c1-6-16(4)13-19(14(2)11-17-16)12-15(3)7-9-18(5)10-8-15/h14,17H,6-13H2,1-5H3. The van der Waals surface area contributed by atoms with Crippen LogP contribution in [0.5, 0.6) is 0 Å². The molecule has 112 valence electrons. The minimum Gasteiger partial charge on any atom is -0.309 e. The highest BCUT2D eigenvalue weighted by Crippen LogP contribution is 2.33. The molecule has 0 aromatic heterocycles. The molecule has 0 saturated carbocycles. The lowest BCUT2D eigenvalue weighted by molar-refractivity contribution is 0.0275. The van der Waals surface area contributed by atoms with Crippen LogP contribution in [0.15, 0.2) is 0 Å². The molecule has 0 radical (unpaired) electrons. The molecule has 0 spiro atoms. The third kappa shape index (κ3) is 3.71. The van der Waals surface area contributed by atoms with Crippen molar-refractivity contribution >= 4 is 0 Å². The van der Waals surface area contributed by atoms with E-state index in [0.29, 0.717) is 17.0 Å². The van der Waals surface area contributed by atoms with Gasteiger partial charge in [-0.05, 0) is 58.7 Å². The Hall–Kier alpha value is -0.120. The second-order valence-corrected chi connectivity index (χ2v) is 7.66. The molecule has 2 atom stereocenters. The number of hydrogen-bond donors (Lipinski definition) is 1. The number of hydrogen-bond acceptors (Lipinski definition) is 3. The van der Waals surface area contributed by atoms with Crippen LogP contribution in [0.25, 0.3) is 0 Å². The number of rotatable bonds is 3. The molecule has 2 aliphatic rings. The van der Waals surface area contributed by atoms with Crippen LogP contribution in [0.3, 0.4) is 0 Å². The largest absolute Gasteiger partial charge is 0.309 e. The normalized spacial score (nSPS) is 37.4. The van der Waals surface area contributed by atoms with Crippen molar-refractivity contribution in [1.82, 2.24) is 15.1 Å². The van der Waals surface area contributed by atoms with Gasteiger partial charge < -0.3 is 10.2 Å². The van der Waals surface area contributed by atoms with Crippen LogP contribution in [0, 0.1) is 5.41 Å². The molecular formula is C16H33N3. The smallest absolute Gasteiger partial charge is 0.0278 e. The van der Waals surface area contributed by atoms with Crippen LogP contribution in [0.4, 0.5) is 0 Å². The van der Waals surface area contributed by atoms with Crippen molar-refractivity contribution in [2.45, 2.75) is 58.5 Å². The Bertz CT molecular complexity index is 296. The predicted molar refractivity (Wildman–Crippen MR) is 82.6 cm³/mol. The van der Waals surface area contributed by atoms with Crippen LogP contribution >= 0.6 is 0 Å². The monoisotopic (exact) mass is 267 g/mol. The van der Waals surface area contributed by atoms with Gasteiger partial charge in [-0.15, -0.1) is 0 Å². The summed E-state index contributed by atoms with van der Waals surface area (Å²) in [5.41, 5.74) is 0.834. The summed E-state index contributed by atoms with van der Waals surface area (Å²) in [6.07, 6.45) is 3.92. The first-order chi connectivity index (χ1) is 8.86. The summed E-state index contributed by atoms with van der Waals surface area (Å²) in [6, 6.07) is 0.677. The average Bonchev–Trinajstić information content (AvgIpc) is 2.38. The molecule has 0 aromatic carbocycles. The molecule has 2 unspecified atom stereocenters. The summed E-state index contributed by atoms with van der Waals surface area (Å²) >= 11 is 0. The average molecular weight is 267 g/mol. The summed E-state index contributed by atoms with van der Waals surface area (Å²) in [4.78, 5) is 5.21. The number of likely N-dealkylation sites (tertiary alicyclic amines) is 1. The minimum atomic E-state index is 0.314. The highest BCUT2D eigenvalue weighted by Gasteiger charge is 2.37. The number of nitrogens with zero attached hydrogens (tertiary/aromatic N) is 2. The SMILES string of the molecule is CCC1(C)CN(CC2(C)CCN(C)CC2)C(C)CN1. The molecule has 0 aliphatic carbocycles. The van der Waals surface area contributed by atoms with Gasteiger partial charge in [0.1, 0.15) is 0 Å². The fourth-order valence-electron chi connectivity index (χ4n) is 3.44. The quantitative estimate of drug-likeness (QED) is 0.845. The maximum Gasteiger partial charge on any atom is 0.0278 e. The van der Waals surface area contributed by atoms with Gasteiger partial charge in [-0.25, -0.2) is 0 Å². The summed E-state index contributed by atoms with van der Waals surface area (Å²) < 4.78 is 0. The molecule has 1 N–H and O–H groups in total. The fraction of sp³-hybridized carbons (Fsp3) is 1.00. The summed E-state index contributed by atoms with van der Waals surface area (Å²) in [5.74, 6) is 0. The van der Waals surface area contributed by atoms with Crippen molar-refractivity contribution in [3.63, 3.8) is 0 Å². The maximum atomic E-state index is 3.73. The predicted octanol–water partition coefficient (Wildman–Crippen LogP) is 2.18. The van der Waals surface area contributed by atoms with Crippen molar-refractivity contribution in [3.05, 3.63) is 0 Å². The van der Waals surface area contributed by atoms with E-state index in [1.165, 1.54) is 45.4 Å². The Morgan fingerprint density at radius 2 is 1.84 bits per heavy atom. The summed E-state index contributed by atoms with van der Waals surface area (Å²) in [5, 5.41) is 3.73. The summed E-state index contributed by atoms with van der Waals surface area (Å²) in [7, 11) is 2.25. The van der Waals surface area contributed by atoms with E-state index in [9.17, 15) is 0 Å². The highest BCUT2D eigenvalue weighted by atomic mass is 15.3. The van der Waals surface area contributed by atoms with Gasteiger partial charge in [0.25, 0.3) is 0 Å². The first-order valence-corrected chi connectivity index (χ1v) is 8.03. The fourth-order valence-corrected chi connectivity index (χ4v) is 3.44. The Morgan fingerprint density at radius 3 is 2.42 bits per heavy atom. The van der Waals surface area contributed by atoms with Gasteiger partial charge in [0.2, 0.25) is 0 Å². The van der Waals surface area contributed by atoms with Crippen LogP contribution in [-0.2, 0) is 0 Å². The second-order valence-electron chi connectivity index (χ2n) is 7.66. The second kappa shape index (κ2) is 5.71. The maximum absolute atomic E-state index is 3.73. The molecular weight excluding hydrogens is 234 g/mol.